The molecular formula is C11H23N3O2. The third-order valence-corrected chi connectivity index (χ3v) is 2.82. The van der Waals surface area contributed by atoms with Gasteiger partial charge in [0.2, 0.25) is 5.91 Å². The molecular weight excluding hydrogens is 206 g/mol. The van der Waals surface area contributed by atoms with Gasteiger partial charge in [-0.05, 0) is 19.9 Å². The normalized spacial score (nSPS) is 17.6. The molecule has 1 amide bonds. The number of rotatable bonds is 7. The molecule has 1 unspecified atom stereocenters. The van der Waals surface area contributed by atoms with E-state index in [9.17, 15) is 4.79 Å². The molecule has 1 fully saturated rings. The van der Waals surface area contributed by atoms with Crippen molar-refractivity contribution >= 4 is 5.91 Å². The van der Waals surface area contributed by atoms with Crippen molar-refractivity contribution in [1.82, 2.24) is 9.80 Å². The first-order valence-electron chi connectivity index (χ1n) is 5.73. The van der Waals surface area contributed by atoms with Crippen molar-refractivity contribution in [3.8, 4) is 0 Å². The SMILES string of the molecule is COCC(N)CN(C)CC(=O)N(C)C1CC1. The number of amides is 1. The molecule has 0 saturated heterocycles. The number of methoxy groups -OCH3 is 1. The van der Waals surface area contributed by atoms with Gasteiger partial charge in [0.25, 0.3) is 0 Å². The van der Waals surface area contributed by atoms with Gasteiger partial charge in [-0.15, -0.1) is 0 Å². The second kappa shape index (κ2) is 6.18. The molecule has 0 spiro atoms. The molecule has 94 valence electrons. The summed E-state index contributed by atoms with van der Waals surface area (Å²) in [6, 6.07) is 0.447. The van der Waals surface area contributed by atoms with E-state index in [1.165, 1.54) is 0 Å². The number of ether oxygens (including phenoxy) is 1. The molecule has 0 aliphatic heterocycles. The van der Waals surface area contributed by atoms with Gasteiger partial charge in [-0.3, -0.25) is 9.69 Å². The Kier molecular flexibility index (Phi) is 5.18. The number of nitrogens with zero attached hydrogens (tertiary/aromatic N) is 2. The molecule has 1 atom stereocenters. The topological polar surface area (TPSA) is 58.8 Å². The molecule has 1 aliphatic carbocycles. The quantitative estimate of drug-likeness (QED) is 0.640. The minimum absolute atomic E-state index is 0.0333. The summed E-state index contributed by atoms with van der Waals surface area (Å²) in [6.07, 6.45) is 2.30. The van der Waals surface area contributed by atoms with Crippen LogP contribution in [0.15, 0.2) is 0 Å². The van der Waals surface area contributed by atoms with E-state index in [0.717, 1.165) is 12.8 Å². The number of carbonyl (C=O) groups excluding carboxylic acids is 1. The average Bonchev–Trinajstić information content (AvgIpc) is 2.99. The fourth-order valence-corrected chi connectivity index (χ4v) is 1.74. The zero-order valence-corrected chi connectivity index (χ0v) is 10.5. The minimum atomic E-state index is -0.0333. The number of carbonyl (C=O) groups is 1. The van der Waals surface area contributed by atoms with Gasteiger partial charge in [-0.2, -0.15) is 0 Å². The highest BCUT2D eigenvalue weighted by atomic mass is 16.5. The van der Waals surface area contributed by atoms with Crippen LogP contribution in [-0.2, 0) is 9.53 Å². The standard InChI is InChI=1S/C11H23N3O2/c1-13(6-9(12)8-16-3)7-11(15)14(2)10-4-5-10/h9-10H,4-8,12H2,1-3H3. The molecule has 1 aliphatic rings. The van der Waals surface area contributed by atoms with E-state index in [1.807, 2.05) is 23.9 Å². The zero-order valence-electron chi connectivity index (χ0n) is 10.5. The molecule has 1 saturated carbocycles. The third-order valence-electron chi connectivity index (χ3n) is 2.82. The molecule has 5 heteroatoms. The second-order valence-corrected chi connectivity index (χ2v) is 4.65. The highest BCUT2D eigenvalue weighted by Crippen LogP contribution is 2.25. The number of hydrogen-bond acceptors (Lipinski definition) is 4. The molecule has 0 bridgehead atoms. The first kappa shape index (κ1) is 13.4. The Labute approximate surface area is 97.5 Å². The Morgan fingerprint density at radius 2 is 2.12 bits per heavy atom. The molecule has 0 aromatic rings. The lowest BCUT2D eigenvalue weighted by molar-refractivity contribution is -0.131. The largest absolute Gasteiger partial charge is 0.383 e. The van der Waals surface area contributed by atoms with Crippen molar-refractivity contribution in [2.75, 3.05) is 40.9 Å². The van der Waals surface area contributed by atoms with Crippen LogP contribution in [0, 0.1) is 0 Å². The van der Waals surface area contributed by atoms with E-state index in [-0.39, 0.29) is 11.9 Å². The van der Waals surface area contributed by atoms with E-state index in [1.54, 1.807) is 7.11 Å². The van der Waals surface area contributed by atoms with Crippen molar-refractivity contribution in [3.63, 3.8) is 0 Å². The van der Waals surface area contributed by atoms with E-state index >= 15 is 0 Å². The second-order valence-electron chi connectivity index (χ2n) is 4.65. The molecule has 2 N–H and O–H groups in total. The van der Waals surface area contributed by atoms with Crippen LogP contribution >= 0.6 is 0 Å². The van der Waals surface area contributed by atoms with Crippen molar-refractivity contribution in [3.05, 3.63) is 0 Å². The van der Waals surface area contributed by atoms with Crippen LogP contribution in [0.3, 0.4) is 0 Å². The van der Waals surface area contributed by atoms with Crippen LogP contribution < -0.4 is 5.73 Å². The Hall–Kier alpha value is -0.650. The van der Waals surface area contributed by atoms with E-state index < -0.39 is 0 Å². The third kappa shape index (κ3) is 4.47. The van der Waals surface area contributed by atoms with Gasteiger partial charge in [0, 0.05) is 32.8 Å². The highest BCUT2D eigenvalue weighted by molar-refractivity contribution is 5.78. The van der Waals surface area contributed by atoms with E-state index in [0.29, 0.717) is 25.7 Å². The predicted octanol–water partition coefficient (Wildman–Crippen LogP) is -0.487. The lowest BCUT2D eigenvalue weighted by atomic mass is 10.3. The first-order valence-corrected chi connectivity index (χ1v) is 5.73. The van der Waals surface area contributed by atoms with Crippen molar-refractivity contribution < 1.29 is 9.53 Å². The van der Waals surface area contributed by atoms with E-state index in [4.69, 9.17) is 10.5 Å². The molecule has 0 radical (unpaired) electrons. The maximum absolute atomic E-state index is 11.8. The van der Waals surface area contributed by atoms with Crippen LogP contribution in [0.25, 0.3) is 0 Å². The van der Waals surface area contributed by atoms with Gasteiger partial charge < -0.3 is 15.4 Å². The molecule has 1 rings (SSSR count). The fourth-order valence-electron chi connectivity index (χ4n) is 1.74. The van der Waals surface area contributed by atoms with Crippen molar-refractivity contribution in [1.29, 1.82) is 0 Å². The first-order chi connectivity index (χ1) is 7.54. The van der Waals surface area contributed by atoms with E-state index in [2.05, 4.69) is 0 Å². The Bertz CT molecular complexity index is 231. The smallest absolute Gasteiger partial charge is 0.236 e. The highest BCUT2D eigenvalue weighted by Gasteiger charge is 2.29. The summed E-state index contributed by atoms with van der Waals surface area (Å²) < 4.78 is 4.96. The Morgan fingerprint density at radius 1 is 1.50 bits per heavy atom. The number of hydrogen-bond donors (Lipinski definition) is 1. The minimum Gasteiger partial charge on any atom is -0.383 e. The Balaban J connectivity index is 2.21. The van der Waals surface area contributed by atoms with Crippen molar-refractivity contribution in [2.24, 2.45) is 5.73 Å². The number of likely N-dealkylation sites (N-methyl/N-ethyl adjacent to an activating group) is 2. The summed E-state index contributed by atoms with van der Waals surface area (Å²) in [5.74, 6) is 0.176. The lowest BCUT2D eigenvalue weighted by Gasteiger charge is -2.23. The van der Waals surface area contributed by atoms with Crippen LogP contribution in [0.4, 0.5) is 0 Å². The van der Waals surface area contributed by atoms with Gasteiger partial charge >= 0.3 is 0 Å². The van der Waals surface area contributed by atoms with Gasteiger partial charge in [0.05, 0.1) is 13.2 Å². The summed E-state index contributed by atoms with van der Waals surface area (Å²) >= 11 is 0. The monoisotopic (exact) mass is 229 g/mol. The zero-order chi connectivity index (χ0) is 12.1. The molecule has 16 heavy (non-hydrogen) atoms. The maximum atomic E-state index is 11.8. The summed E-state index contributed by atoms with van der Waals surface area (Å²) in [4.78, 5) is 15.6. The fraction of sp³-hybridized carbons (Fsp3) is 0.909. The molecule has 0 heterocycles. The lowest BCUT2D eigenvalue weighted by Crippen LogP contribution is -2.43. The molecule has 0 aromatic heterocycles. The van der Waals surface area contributed by atoms with Crippen LogP contribution in [0.5, 0.6) is 0 Å². The maximum Gasteiger partial charge on any atom is 0.236 e. The Morgan fingerprint density at radius 3 is 2.62 bits per heavy atom. The summed E-state index contributed by atoms with van der Waals surface area (Å²) in [5, 5.41) is 0. The van der Waals surface area contributed by atoms with Crippen LogP contribution in [-0.4, -0.2) is 68.7 Å². The predicted molar refractivity (Wildman–Crippen MR) is 63.1 cm³/mol. The average molecular weight is 229 g/mol. The summed E-state index contributed by atoms with van der Waals surface area (Å²) in [7, 11) is 5.42. The van der Waals surface area contributed by atoms with Crippen LogP contribution in [0.2, 0.25) is 0 Å². The molecule has 0 aromatic carbocycles. The molecule has 5 nitrogen and oxygen atoms in total. The number of nitrogens with two attached hydrogens (primary N) is 1. The van der Waals surface area contributed by atoms with Gasteiger partial charge in [0.15, 0.2) is 0 Å². The van der Waals surface area contributed by atoms with Crippen LogP contribution in [0.1, 0.15) is 12.8 Å². The van der Waals surface area contributed by atoms with Gasteiger partial charge in [-0.25, -0.2) is 0 Å². The van der Waals surface area contributed by atoms with Crippen molar-refractivity contribution in [2.45, 2.75) is 24.9 Å². The van der Waals surface area contributed by atoms with Gasteiger partial charge in [0.1, 0.15) is 0 Å². The summed E-state index contributed by atoms with van der Waals surface area (Å²) in [6.45, 7) is 1.64. The van der Waals surface area contributed by atoms with Gasteiger partial charge in [-0.1, -0.05) is 0 Å². The summed E-state index contributed by atoms with van der Waals surface area (Å²) in [5.41, 5.74) is 5.82.